The van der Waals surface area contributed by atoms with Gasteiger partial charge in [0.15, 0.2) is 23.7 Å². The van der Waals surface area contributed by atoms with Gasteiger partial charge in [-0.15, -0.1) is 0 Å². The molecule has 0 aliphatic carbocycles. The number of anilines is 1. The molecule has 298 valence electrons. The third-order valence-electron chi connectivity index (χ3n) is 8.24. The van der Waals surface area contributed by atoms with Crippen LogP contribution in [0.5, 0.6) is 0 Å². The van der Waals surface area contributed by atoms with Crippen LogP contribution in [0, 0.1) is 6.92 Å². The number of aryl methyl sites for hydroxylation is 2. The van der Waals surface area contributed by atoms with Crippen molar-refractivity contribution >= 4 is 62.4 Å². The largest absolute Gasteiger partial charge is 0.488 e. The number of methoxy groups -OCH3 is 1. The number of aliphatic hydroxyl groups is 3. The highest BCUT2D eigenvalue weighted by Crippen LogP contribution is 2.69. The summed E-state index contributed by atoms with van der Waals surface area (Å²) in [7, 11) is -7.48. The molecule has 0 amide bonds. The first-order valence-corrected chi connectivity index (χ1v) is 20.9. The van der Waals surface area contributed by atoms with Gasteiger partial charge in [-0.1, -0.05) is 4.98 Å². The molecule has 4 aromatic heterocycles. The van der Waals surface area contributed by atoms with Crippen LogP contribution in [-0.2, 0) is 64.4 Å². The summed E-state index contributed by atoms with van der Waals surface area (Å²) in [5, 5.41) is 32.4. The van der Waals surface area contributed by atoms with Crippen LogP contribution >= 0.6 is 22.4 Å². The normalized spacial score (nSPS) is 29.4. The summed E-state index contributed by atoms with van der Waals surface area (Å²) in [6.07, 6.45) is -8.60. The first-order chi connectivity index (χ1) is 25.3. The van der Waals surface area contributed by atoms with Gasteiger partial charge in [-0.2, -0.15) is 4.31 Å². The number of aromatic amines is 2. The van der Waals surface area contributed by atoms with Gasteiger partial charge in [0, 0.05) is 14.2 Å². The maximum Gasteiger partial charge on any atom is 0.488 e. The van der Waals surface area contributed by atoms with E-state index < -0.39 is 95.8 Å². The maximum absolute atomic E-state index is 12.9. The molecule has 11 atom stereocenters. The van der Waals surface area contributed by atoms with E-state index >= 15 is 0 Å². The van der Waals surface area contributed by atoms with Crippen molar-refractivity contribution in [1.82, 2.24) is 34.1 Å². The van der Waals surface area contributed by atoms with E-state index in [-0.39, 0.29) is 34.1 Å². The number of hydrogen-bond acceptors (Lipinski definition) is 20. The second kappa shape index (κ2) is 15.2. The van der Waals surface area contributed by atoms with Gasteiger partial charge in [0.25, 0.3) is 17.1 Å². The molecule has 0 aromatic carbocycles. The molecule has 5 unspecified atom stereocenters. The molecule has 2 saturated heterocycles. The predicted octanol–water partition coefficient (Wildman–Crippen LogP) is -2.40. The number of phosphoric ester groups is 1. The number of aromatic nitrogens is 8. The van der Waals surface area contributed by atoms with E-state index in [1.165, 1.54) is 47.4 Å². The molecule has 2 fully saturated rings. The van der Waals surface area contributed by atoms with Crippen molar-refractivity contribution in [3.05, 3.63) is 39.2 Å². The Balaban J connectivity index is 1.08. The highest BCUT2D eigenvalue weighted by atomic mass is 32.5. The number of nitrogens with one attached hydrogen (secondary N) is 2. The highest BCUT2D eigenvalue weighted by molar-refractivity contribution is 8.09. The molecule has 0 saturated carbocycles. The van der Waals surface area contributed by atoms with Crippen LogP contribution in [0.3, 0.4) is 0 Å². The summed E-state index contributed by atoms with van der Waals surface area (Å²) in [6, 6.07) is 0. The van der Waals surface area contributed by atoms with Gasteiger partial charge < -0.3 is 59.1 Å². The molecule has 30 heteroatoms. The third-order valence-corrected chi connectivity index (χ3v) is 14.3. The van der Waals surface area contributed by atoms with Gasteiger partial charge in [0.1, 0.15) is 42.4 Å². The summed E-state index contributed by atoms with van der Waals surface area (Å²) in [6.45, 7) is -4.38. The Labute approximate surface area is 306 Å². The fourth-order valence-electron chi connectivity index (χ4n) is 5.89. The van der Waals surface area contributed by atoms with E-state index in [9.17, 15) is 43.8 Å². The summed E-state index contributed by atoms with van der Waals surface area (Å²) >= 11 is 5.11. The van der Waals surface area contributed by atoms with Gasteiger partial charge in [-0.3, -0.25) is 28.2 Å². The first kappa shape index (κ1) is 40.7. The zero-order chi connectivity index (χ0) is 39.5. The Bertz CT molecular complexity index is 2320. The molecule has 6 rings (SSSR count). The van der Waals surface area contributed by atoms with Gasteiger partial charge >= 0.3 is 28.0 Å². The summed E-state index contributed by atoms with van der Waals surface area (Å²) in [5.41, 5.74) is 4.66. The second-order valence-corrected chi connectivity index (χ2v) is 18.2. The van der Waals surface area contributed by atoms with E-state index in [4.69, 9.17) is 49.6 Å². The van der Waals surface area contributed by atoms with Gasteiger partial charge in [-0.25, -0.2) is 28.0 Å². The Morgan fingerprint density at radius 2 is 1.69 bits per heavy atom. The zero-order valence-electron chi connectivity index (χ0n) is 28.3. The standard InChI is InChI=1S/C24H34N9O17P3S/c1-9-27-18-12(20(37)28-9)26-7-32(18)23-16(36)17(43-3)11(48-23)6-45-51(39,40)49-52(41,42)50-53(54,44-4)46-5-10-14(34)15(35)22(47-10)33-8-31(2)13-19(33)29-24(25)30-21(13)38/h7-8,10-11,14-17,22-23,34-36H,5-6H2,1-4H3,(H5-,25,27,28,29,30,37,38,39,40,41,42)/p+1/t10-,11-,14+,15?,16+,17?,22-,23-,53?/m1/s1. The SMILES string of the molecule is COC1[C@@H](COP(=O)(O)OP(=O)(O)OP(=S)(OC)OC[C@H]2O[C@@H]([n+]3cn(C)c4c(=O)[nH]c(N)nc43)C(O)[C@H]2O)O[C@@H](n2cnc3c(=O)[nH]c(C)nc32)[C@H]1O. The van der Waals surface area contributed by atoms with Crippen LogP contribution in [0.25, 0.3) is 22.3 Å². The van der Waals surface area contributed by atoms with Crippen molar-refractivity contribution < 1.29 is 75.2 Å². The molecule has 0 radical (unpaired) electrons. The number of hydrogen-bond donors (Lipinski definition) is 8. The molecule has 0 bridgehead atoms. The van der Waals surface area contributed by atoms with E-state index in [1.54, 1.807) is 0 Å². The molecule has 54 heavy (non-hydrogen) atoms. The van der Waals surface area contributed by atoms with Crippen LogP contribution < -0.4 is 21.4 Å². The molecule has 2 aliphatic rings. The van der Waals surface area contributed by atoms with Crippen molar-refractivity contribution in [2.75, 3.05) is 33.2 Å². The number of nitrogens with zero attached hydrogens (tertiary/aromatic N) is 6. The quantitative estimate of drug-likeness (QED) is 0.0484. The Kier molecular flexibility index (Phi) is 11.5. The average molecular weight is 847 g/mol. The van der Waals surface area contributed by atoms with Crippen LogP contribution in [0.4, 0.5) is 5.95 Å². The number of nitrogens with two attached hydrogens (primary N) is 1. The van der Waals surface area contributed by atoms with Crippen molar-refractivity contribution in [2.45, 2.75) is 56.0 Å². The molecule has 26 nitrogen and oxygen atoms in total. The number of phosphoric acid groups is 2. The first-order valence-electron chi connectivity index (χ1n) is 15.4. The minimum atomic E-state index is -5.65. The third kappa shape index (κ3) is 8.00. The fraction of sp³-hybridized carbons (Fsp3) is 0.583. The van der Waals surface area contributed by atoms with Crippen molar-refractivity contribution in [1.29, 1.82) is 0 Å². The van der Waals surface area contributed by atoms with E-state index in [1.807, 2.05) is 0 Å². The maximum atomic E-state index is 12.9. The number of nitrogen functional groups attached to an aromatic ring is 1. The Hall–Kier alpha value is -2.91. The highest BCUT2D eigenvalue weighted by Gasteiger charge is 2.50. The minimum Gasteiger partial charge on any atom is -0.387 e. The Morgan fingerprint density at radius 3 is 2.37 bits per heavy atom. The summed E-state index contributed by atoms with van der Waals surface area (Å²) in [4.78, 5) is 62.5. The second-order valence-electron chi connectivity index (χ2n) is 11.9. The summed E-state index contributed by atoms with van der Waals surface area (Å²) in [5.74, 6) is 0.0253. The van der Waals surface area contributed by atoms with Crippen molar-refractivity contribution in [3.63, 3.8) is 0 Å². The van der Waals surface area contributed by atoms with Crippen LogP contribution in [0.15, 0.2) is 22.2 Å². The molecule has 4 aromatic rings. The van der Waals surface area contributed by atoms with E-state index in [2.05, 4.69) is 29.2 Å². The van der Waals surface area contributed by atoms with E-state index in [0.717, 1.165) is 7.11 Å². The average Bonchev–Trinajstić information content (AvgIpc) is 3.80. The number of ether oxygens (including phenoxy) is 3. The van der Waals surface area contributed by atoms with Crippen molar-refractivity contribution in [2.24, 2.45) is 7.05 Å². The van der Waals surface area contributed by atoms with E-state index in [0.29, 0.717) is 0 Å². The molecule has 2 aliphatic heterocycles. The lowest BCUT2D eigenvalue weighted by Gasteiger charge is -2.25. The zero-order valence-corrected chi connectivity index (χ0v) is 31.8. The monoisotopic (exact) mass is 846 g/mol. The van der Waals surface area contributed by atoms with Crippen LogP contribution in [0.1, 0.15) is 18.3 Å². The molecular formula is C24H35N9O17P3S+. The molecular weight excluding hydrogens is 811 g/mol. The topological polar surface area (TPSA) is 353 Å². The minimum absolute atomic E-state index is 0.0150. The lowest BCUT2D eigenvalue weighted by atomic mass is 10.1. The smallest absolute Gasteiger partial charge is 0.387 e. The number of fused-ring (bicyclic) bond motifs is 2. The van der Waals surface area contributed by atoms with Crippen LogP contribution in [0.2, 0.25) is 0 Å². The molecule has 0 spiro atoms. The lowest BCUT2D eigenvalue weighted by molar-refractivity contribution is -0.745. The molecule has 9 N–H and O–H groups in total. The number of imidazole rings is 2. The number of H-pyrrole nitrogens is 2. The number of aliphatic hydroxyl groups excluding tert-OH is 3. The van der Waals surface area contributed by atoms with Crippen molar-refractivity contribution in [3.8, 4) is 0 Å². The lowest BCUT2D eigenvalue weighted by Crippen LogP contribution is -2.46. The molecule has 6 heterocycles. The van der Waals surface area contributed by atoms with Gasteiger partial charge in [0.05, 0.1) is 26.6 Å². The van der Waals surface area contributed by atoms with Gasteiger partial charge in [0.2, 0.25) is 11.7 Å². The predicted molar refractivity (Wildman–Crippen MR) is 180 cm³/mol. The summed E-state index contributed by atoms with van der Waals surface area (Å²) < 4.78 is 70.9. The fourth-order valence-corrected chi connectivity index (χ4v) is 10.7. The van der Waals surface area contributed by atoms with Gasteiger partial charge in [-0.05, 0) is 18.7 Å². The Morgan fingerprint density at radius 1 is 0.981 bits per heavy atom. The number of rotatable bonds is 14. The van der Waals surface area contributed by atoms with Crippen LogP contribution in [-0.4, -0.2) is 123 Å².